The summed E-state index contributed by atoms with van der Waals surface area (Å²) in [4.78, 5) is 11.4. The maximum absolute atomic E-state index is 11.4. The van der Waals surface area contributed by atoms with Crippen LogP contribution in [0.1, 0.15) is 16.8 Å². The zero-order chi connectivity index (χ0) is 14.4. The molecule has 2 rings (SSSR count). The molecule has 5 heteroatoms. The summed E-state index contributed by atoms with van der Waals surface area (Å²) in [6.45, 7) is 1.45. The van der Waals surface area contributed by atoms with E-state index >= 15 is 0 Å². The van der Waals surface area contributed by atoms with Crippen molar-refractivity contribution in [3.05, 3.63) is 53.3 Å². The lowest BCUT2D eigenvalue weighted by atomic mass is 10.0. The molecular weight excluding hydrogens is 254 g/mol. The predicted molar refractivity (Wildman–Crippen MR) is 75.9 cm³/mol. The van der Waals surface area contributed by atoms with E-state index in [0.717, 1.165) is 23.4 Å². The number of esters is 1. The van der Waals surface area contributed by atoms with Gasteiger partial charge >= 0.3 is 5.97 Å². The number of methoxy groups -OCH3 is 1. The molecule has 0 aliphatic rings. The number of carbonyl (C=O) groups excluding carboxylic acids is 1. The minimum Gasteiger partial charge on any atom is -0.469 e. The molecule has 0 bridgehead atoms. The number of carbonyl (C=O) groups is 1. The smallest absolute Gasteiger partial charge is 0.309 e. The number of aromatic nitrogens is 2. The molecule has 1 N–H and O–H groups in total. The zero-order valence-electron chi connectivity index (χ0n) is 11.8. The summed E-state index contributed by atoms with van der Waals surface area (Å²) < 4.78 is 6.56. The van der Waals surface area contributed by atoms with Gasteiger partial charge in [0.05, 0.1) is 19.2 Å². The van der Waals surface area contributed by atoms with Crippen LogP contribution in [-0.4, -0.2) is 22.9 Å². The number of benzene rings is 1. The Morgan fingerprint density at radius 2 is 2.00 bits per heavy atom. The van der Waals surface area contributed by atoms with E-state index in [1.807, 2.05) is 42.1 Å². The van der Waals surface area contributed by atoms with Gasteiger partial charge < -0.3 is 10.1 Å². The Balaban J connectivity index is 1.95. The van der Waals surface area contributed by atoms with Crippen molar-refractivity contribution in [2.75, 3.05) is 7.11 Å². The van der Waals surface area contributed by atoms with Crippen LogP contribution in [0.5, 0.6) is 0 Å². The Morgan fingerprint density at radius 1 is 1.25 bits per heavy atom. The summed E-state index contributed by atoms with van der Waals surface area (Å²) in [6.07, 6.45) is 2.09. The highest BCUT2D eigenvalue weighted by atomic mass is 16.5. The third-order valence-electron chi connectivity index (χ3n) is 3.22. The average molecular weight is 273 g/mol. The second kappa shape index (κ2) is 6.86. The molecule has 106 valence electrons. The van der Waals surface area contributed by atoms with Crippen LogP contribution in [0.15, 0.2) is 36.5 Å². The van der Waals surface area contributed by atoms with Gasteiger partial charge in [0.1, 0.15) is 0 Å². The first-order chi connectivity index (χ1) is 9.70. The second-order valence-electron chi connectivity index (χ2n) is 4.57. The zero-order valence-corrected chi connectivity index (χ0v) is 11.8. The van der Waals surface area contributed by atoms with Crippen LogP contribution in [0.25, 0.3) is 0 Å². The maximum Gasteiger partial charge on any atom is 0.309 e. The number of nitrogens with zero attached hydrogens (tertiary/aromatic N) is 2. The van der Waals surface area contributed by atoms with E-state index in [4.69, 9.17) is 4.74 Å². The monoisotopic (exact) mass is 273 g/mol. The van der Waals surface area contributed by atoms with Crippen LogP contribution >= 0.6 is 0 Å². The quantitative estimate of drug-likeness (QED) is 0.809. The minimum absolute atomic E-state index is 0.218. The third kappa shape index (κ3) is 3.68. The largest absolute Gasteiger partial charge is 0.469 e. The molecule has 0 aliphatic carbocycles. The lowest BCUT2D eigenvalue weighted by Crippen LogP contribution is -2.17. The van der Waals surface area contributed by atoms with Crippen LogP contribution < -0.4 is 5.32 Å². The van der Waals surface area contributed by atoms with Crippen molar-refractivity contribution >= 4 is 5.97 Å². The standard InChI is InChI=1S/C15H19N3O2/c1-18-14(7-8-17-18)11-16-10-13-6-4-3-5-12(13)9-15(19)20-2/h3-8,16H,9-11H2,1-2H3. The second-order valence-corrected chi connectivity index (χ2v) is 4.57. The van der Waals surface area contributed by atoms with Crippen LogP contribution in [0.4, 0.5) is 0 Å². The summed E-state index contributed by atoms with van der Waals surface area (Å²) in [5.41, 5.74) is 3.23. The summed E-state index contributed by atoms with van der Waals surface area (Å²) >= 11 is 0. The van der Waals surface area contributed by atoms with Crippen molar-refractivity contribution in [3.63, 3.8) is 0 Å². The van der Waals surface area contributed by atoms with Crippen molar-refractivity contribution in [2.24, 2.45) is 7.05 Å². The SMILES string of the molecule is COC(=O)Cc1ccccc1CNCc1ccnn1C. The van der Waals surface area contributed by atoms with Crippen LogP contribution in [0.2, 0.25) is 0 Å². The number of ether oxygens (including phenoxy) is 1. The molecule has 1 heterocycles. The van der Waals surface area contributed by atoms with E-state index in [9.17, 15) is 4.79 Å². The molecule has 0 radical (unpaired) electrons. The van der Waals surface area contributed by atoms with E-state index in [2.05, 4.69) is 10.4 Å². The Hall–Kier alpha value is -2.14. The van der Waals surface area contributed by atoms with Crippen molar-refractivity contribution in [2.45, 2.75) is 19.5 Å². The molecular formula is C15H19N3O2. The van der Waals surface area contributed by atoms with E-state index in [0.29, 0.717) is 13.0 Å². The van der Waals surface area contributed by atoms with Crippen LogP contribution in [0, 0.1) is 0 Å². The number of nitrogens with one attached hydrogen (secondary N) is 1. The average Bonchev–Trinajstić information content (AvgIpc) is 2.86. The lowest BCUT2D eigenvalue weighted by molar-refractivity contribution is -0.139. The van der Waals surface area contributed by atoms with E-state index in [-0.39, 0.29) is 5.97 Å². The molecule has 0 fully saturated rings. The Kier molecular flexibility index (Phi) is 4.90. The summed E-state index contributed by atoms with van der Waals surface area (Å²) in [7, 11) is 3.33. The van der Waals surface area contributed by atoms with Gasteiger partial charge in [0, 0.05) is 26.3 Å². The molecule has 0 unspecified atom stereocenters. The molecule has 1 aromatic heterocycles. The molecule has 0 aliphatic heterocycles. The van der Waals surface area contributed by atoms with Gasteiger partial charge in [0.15, 0.2) is 0 Å². The molecule has 0 amide bonds. The summed E-state index contributed by atoms with van der Waals surface area (Å²) in [5.74, 6) is -0.218. The van der Waals surface area contributed by atoms with Crippen molar-refractivity contribution in [3.8, 4) is 0 Å². The van der Waals surface area contributed by atoms with Crippen LogP contribution in [-0.2, 0) is 36.1 Å². The molecule has 1 aromatic carbocycles. The molecule has 0 saturated heterocycles. The van der Waals surface area contributed by atoms with Gasteiger partial charge in [0.25, 0.3) is 0 Å². The van der Waals surface area contributed by atoms with Gasteiger partial charge in [0.2, 0.25) is 0 Å². The number of rotatable bonds is 6. The third-order valence-corrected chi connectivity index (χ3v) is 3.22. The Bertz CT molecular complexity index is 578. The summed E-state index contributed by atoms with van der Waals surface area (Å²) in [6, 6.07) is 9.87. The number of aryl methyl sites for hydroxylation is 1. The van der Waals surface area contributed by atoms with E-state index < -0.39 is 0 Å². The van der Waals surface area contributed by atoms with Gasteiger partial charge in [-0.1, -0.05) is 24.3 Å². The first-order valence-corrected chi connectivity index (χ1v) is 6.52. The highest BCUT2D eigenvalue weighted by molar-refractivity contribution is 5.72. The fourth-order valence-corrected chi connectivity index (χ4v) is 2.03. The number of hydrogen-bond acceptors (Lipinski definition) is 4. The molecule has 0 spiro atoms. The molecule has 5 nitrogen and oxygen atoms in total. The first kappa shape index (κ1) is 14.3. The Morgan fingerprint density at radius 3 is 2.65 bits per heavy atom. The molecule has 0 atom stereocenters. The first-order valence-electron chi connectivity index (χ1n) is 6.52. The van der Waals surface area contributed by atoms with Gasteiger partial charge in [-0.25, -0.2) is 0 Å². The highest BCUT2D eigenvalue weighted by Crippen LogP contribution is 2.10. The van der Waals surface area contributed by atoms with Gasteiger partial charge in [-0.05, 0) is 17.2 Å². The van der Waals surface area contributed by atoms with E-state index in [1.54, 1.807) is 6.20 Å². The number of hydrogen-bond donors (Lipinski definition) is 1. The van der Waals surface area contributed by atoms with Gasteiger partial charge in [-0.2, -0.15) is 5.10 Å². The maximum atomic E-state index is 11.4. The van der Waals surface area contributed by atoms with Crippen molar-refractivity contribution in [1.29, 1.82) is 0 Å². The topological polar surface area (TPSA) is 56.1 Å². The lowest BCUT2D eigenvalue weighted by Gasteiger charge is -2.10. The molecule has 20 heavy (non-hydrogen) atoms. The fraction of sp³-hybridized carbons (Fsp3) is 0.333. The fourth-order valence-electron chi connectivity index (χ4n) is 2.03. The molecule has 2 aromatic rings. The summed E-state index contributed by atoms with van der Waals surface area (Å²) in [5, 5.41) is 7.49. The Labute approximate surface area is 118 Å². The van der Waals surface area contributed by atoms with Crippen molar-refractivity contribution in [1.82, 2.24) is 15.1 Å². The van der Waals surface area contributed by atoms with Crippen molar-refractivity contribution < 1.29 is 9.53 Å². The van der Waals surface area contributed by atoms with Gasteiger partial charge in [-0.15, -0.1) is 0 Å². The normalized spacial score (nSPS) is 10.5. The molecule has 0 saturated carbocycles. The predicted octanol–water partition coefficient (Wildman–Crippen LogP) is 1.43. The van der Waals surface area contributed by atoms with Gasteiger partial charge in [-0.3, -0.25) is 9.48 Å². The minimum atomic E-state index is -0.218. The van der Waals surface area contributed by atoms with Crippen LogP contribution in [0.3, 0.4) is 0 Å². The highest BCUT2D eigenvalue weighted by Gasteiger charge is 2.07. The van der Waals surface area contributed by atoms with E-state index in [1.165, 1.54) is 7.11 Å².